The molecule has 4 aromatic rings. The lowest BCUT2D eigenvalue weighted by atomic mass is 10.1. The number of aliphatic hydroxyl groups excluding tert-OH is 1. The smallest absolute Gasteiger partial charge is 0.324 e. The minimum absolute atomic E-state index is 0.0591. The summed E-state index contributed by atoms with van der Waals surface area (Å²) in [7, 11) is 0. The number of carbonyl (C=O) groups excluding carboxylic acids is 1. The number of aromatic nitrogens is 2. The van der Waals surface area contributed by atoms with Gasteiger partial charge in [0, 0.05) is 11.5 Å². The highest BCUT2D eigenvalue weighted by atomic mass is 16.3. The van der Waals surface area contributed by atoms with Crippen LogP contribution in [0.2, 0.25) is 0 Å². The Kier molecular flexibility index (Phi) is 5.50. The van der Waals surface area contributed by atoms with E-state index in [1.807, 2.05) is 72.8 Å². The normalized spacial score (nSPS) is 11.1. The largest absolute Gasteiger partial charge is 0.392 e. The Balaban J connectivity index is 1.64. The quantitative estimate of drug-likeness (QED) is 0.426. The molecule has 0 fully saturated rings. The topological polar surface area (TPSA) is 79.2 Å². The summed E-state index contributed by atoms with van der Waals surface area (Å²) < 4.78 is 1.69. The van der Waals surface area contributed by atoms with Gasteiger partial charge in [-0.15, -0.1) is 0 Å². The summed E-state index contributed by atoms with van der Waals surface area (Å²) >= 11 is 0. The standard InChI is InChI=1S/C24H24N4O2/c1-16(2)22-14-23(28(27-22)19-10-5-7-17(13-19)15-29)26-24(30)25-21-12-6-9-18-8-3-4-11-20(18)21/h3-14,16,29H,15H2,1-2H3,(H2,25,26,30). The van der Waals surface area contributed by atoms with Crippen molar-refractivity contribution in [2.45, 2.75) is 26.4 Å². The van der Waals surface area contributed by atoms with Gasteiger partial charge in [-0.3, -0.25) is 5.32 Å². The number of hydrogen-bond acceptors (Lipinski definition) is 3. The van der Waals surface area contributed by atoms with Gasteiger partial charge >= 0.3 is 6.03 Å². The van der Waals surface area contributed by atoms with E-state index in [9.17, 15) is 9.90 Å². The molecule has 6 heteroatoms. The van der Waals surface area contributed by atoms with Crippen molar-refractivity contribution in [3.8, 4) is 5.69 Å². The van der Waals surface area contributed by atoms with Gasteiger partial charge in [0.15, 0.2) is 0 Å². The van der Waals surface area contributed by atoms with Crippen LogP contribution in [0.25, 0.3) is 16.5 Å². The summed E-state index contributed by atoms with van der Waals surface area (Å²) in [6, 6.07) is 22.7. The number of rotatable bonds is 5. The fourth-order valence-electron chi connectivity index (χ4n) is 3.36. The second kappa shape index (κ2) is 8.39. The van der Waals surface area contributed by atoms with Crippen LogP contribution < -0.4 is 10.6 Å². The van der Waals surface area contributed by atoms with Crippen molar-refractivity contribution in [2.24, 2.45) is 0 Å². The second-order valence-corrected chi connectivity index (χ2v) is 7.45. The van der Waals surface area contributed by atoms with E-state index in [4.69, 9.17) is 0 Å². The summed E-state index contributed by atoms with van der Waals surface area (Å²) in [6.07, 6.45) is 0. The number of anilines is 2. The number of fused-ring (bicyclic) bond motifs is 1. The fourth-order valence-corrected chi connectivity index (χ4v) is 3.36. The molecule has 3 aromatic carbocycles. The van der Waals surface area contributed by atoms with Crippen LogP contribution in [-0.4, -0.2) is 20.9 Å². The molecule has 2 amide bonds. The van der Waals surface area contributed by atoms with Crippen LogP contribution in [0.3, 0.4) is 0 Å². The summed E-state index contributed by atoms with van der Waals surface area (Å²) in [4.78, 5) is 12.8. The molecule has 0 aliphatic rings. The van der Waals surface area contributed by atoms with Crippen LogP contribution in [0.1, 0.15) is 31.0 Å². The van der Waals surface area contributed by atoms with Gasteiger partial charge in [-0.2, -0.15) is 5.10 Å². The van der Waals surface area contributed by atoms with E-state index in [0.29, 0.717) is 5.82 Å². The van der Waals surface area contributed by atoms with Crippen molar-refractivity contribution in [3.05, 3.63) is 84.1 Å². The van der Waals surface area contributed by atoms with Gasteiger partial charge in [0.1, 0.15) is 5.82 Å². The molecule has 1 aromatic heterocycles. The molecule has 1 heterocycles. The van der Waals surface area contributed by atoms with Crippen molar-refractivity contribution >= 4 is 28.3 Å². The lowest BCUT2D eigenvalue weighted by Gasteiger charge is -2.12. The third kappa shape index (κ3) is 4.04. The van der Waals surface area contributed by atoms with Gasteiger partial charge in [-0.05, 0) is 35.1 Å². The summed E-state index contributed by atoms with van der Waals surface area (Å²) in [5.41, 5.74) is 3.15. The van der Waals surface area contributed by atoms with Crippen molar-refractivity contribution in [1.29, 1.82) is 0 Å². The molecule has 152 valence electrons. The molecular weight excluding hydrogens is 376 g/mol. The van der Waals surface area contributed by atoms with E-state index in [1.165, 1.54) is 0 Å². The molecule has 0 atom stereocenters. The predicted octanol–water partition coefficient (Wildman–Crippen LogP) is 5.29. The van der Waals surface area contributed by atoms with Crippen LogP contribution in [0.15, 0.2) is 72.8 Å². The van der Waals surface area contributed by atoms with Gasteiger partial charge in [-0.25, -0.2) is 9.48 Å². The third-order valence-corrected chi connectivity index (χ3v) is 4.94. The molecule has 6 nitrogen and oxygen atoms in total. The molecule has 4 rings (SSSR count). The van der Waals surface area contributed by atoms with E-state index >= 15 is 0 Å². The molecule has 0 saturated heterocycles. The number of benzene rings is 3. The van der Waals surface area contributed by atoms with E-state index in [-0.39, 0.29) is 18.6 Å². The lowest BCUT2D eigenvalue weighted by molar-refractivity contribution is 0.262. The maximum absolute atomic E-state index is 12.8. The van der Waals surface area contributed by atoms with Crippen LogP contribution in [0.5, 0.6) is 0 Å². The van der Waals surface area contributed by atoms with Gasteiger partial charge in [0.2, 0.25) is 0 Å². The zero-order valence-corrected chi connectivity index (χ0v) is 17.0. The number of nitrogens with zero attached hydrogens (tertiary/aromatic N) is 2. The highest BCUT2D eigenvalue weighted by molar-refractivity contribution is 6.06. The Morgan fingerprint density at radius 3 is 2.57 bits per heavy atom. The number of amides is 2. The van der Waals surface area contributed by atoms with Crippen LogP contribution in [-0.2, 0) is 6.61 Å². The summed E-state index contributed by atoms with van der Waals surface area (Å²) in [5.74, 6) is 0.764. The highest BCUT2D eigenvalue weighted by Gasteiger charge is 2.15. The van der Waals surface area contributed by atoms with Gasteiger partial charge < -0.3 is 10.4 Å². The first-order valence-electron chi connectivity index (χ1n) is 9.91. The number of hydrogen-bond donors (Lipinski definition) is 3. The maximum Gasteiger partial charge on any atom is 0.324 e. The van der Waals surface area contributed by atoms with Crippen molar-refractivity contribution < 1.29 is 9.90 Å². The Morgan fingerprint density at radius 2 is 1.77 bits per heavy atom. The van der Waals surface area contributed by atoms with Gasteiger partial charge in [-0.1, -0.05) is 62.4 Å². The Bertz CT molecular complexity index is 1190. The Labute approximate surface area is 175 Å². The highest BCUT2D eigenvalue weighted by Crippen LogP contribution is 2.25. The zero-order valence-electron chi connectivity index (χ0n) is 17.0. The minimum Gasteiger partial charge on any atom is -0.392 e. The van der Waals surface area contributed by atoms with E-state index < -0.39 is 0 Å². The number of carbonyl (C=O) groups is 1. The Morgan fingerprint density at radius 1 is 1.00 bits per heavy atom. The van der Waals surface area contributed by atoms with Gasteiger partial charge in [0.05, 0.1) is 23.7 Å². The second-order valence-electron chi connectivity index (χ2n) is 7.45. The lowest BCUT2D eigenvalue weighted by Crippen LogP contribution is -2.21. The molecule has 0 aliphatic carbocycles. The Hall–Kier alpha value is -3.64. The molecular formula is C24H24N4O2. The summed E-state index contributed by atoms with van der Waals surface area (Å²) in [5, 5.41) is 22.0. The molecule has 3 N–H and O–H groups in total. The van der Waals surface area contributed by atoms with Gasteiger partial charge in [0.25, 0.3) is 0 Å². The first-order valence-corrected chi connectivity index (χ1v) is 9.91. The van der Waals surface area contributed by atoms with E-state index in [0.717, 1.165) is 33.4 Å². The van der Waals surface area contributed by atoms with Crippen molar-refractivity contribution in [2.75, 3.05) is 10.6 Å². The van der Waals surface area contributed by atoms with Crippen molar-refractivity contribution in [1.82, 2.24) is 9.78 Å². The monoisotopic (exact) mass is 400 g/mol. The fraction of sp³-hybridized carbons (Fsp3) is 0.167. The first-order chi connectivity index (χ1) is 14.5. The molecule has 0 bridgehead atoms. The molecule has 0 unspecified atom stereocenters. The minimum atomic E-state index is -0.346. The SMILES string of the molecule is CC(C)c1cc(NC(=O)Nc2cccc3ccccc23)n(-c2cccc(CO)c2)n1. The average Bonchev–Trinajstić information content (AvgIpc) is 3.18. The number of aliphatic hydroxyl groups is 1. The first kappa shape index (κ1) is 19.7. The molecule has 0 radical (unpaired) electrons. The van der Waals surface area contributed by atoms with E-state index in [2.05, 4.69) is 29.6 Å². The van der Waals surface area contributed by atoms with Crippen molar-refractivity contribution in [3.63, 3.8) is 0 Å². The predicted molar refractivity (Wildman–Crippen MR) is 120 cm³/mol. The number of urea groups is 1. The zero-order chi connectivity index (χ0) is 21.1. The van der Waals surface area contributed by atoms with Crippen LogP contribution in [0.4, 0.5) is 16.3 Å². The van der Waals surface area contributed by atoms with E-state index in [1.54, 1.807) is 4.68 Å². The third-order valence-electron chi connectivity index (χ3n) is 4.94. The number of nitrogens with one attached hydrogen (secondary N) is 2. The molecule has 0 spiro atoms. The van der Waals surface area contributed by atoms with Crippen LogP contribution in [0, 0.1) is 0 Å². The van der Waals surface area contributed by atoms with Crippen LogP contribution >= 0.6 is 0 Å². The molecule has 30 heavy (non-hydrogen) atoms. The average molecular weight is 400 g/mol. The maximum atomic E-state index is 12.8. The molecule has 0 aliphatic heterocycles. The molecule has 0 saturated carbocycles. The summed E-state index contributed by atoms with van der Waals surface area (Å²) in [6.45, 7) is 4.05.